The molecule has 3 rings (SSSR count). The molecule has 0 saturated carbocycles. The lowest BCUT2D eigenvalue weighted by Gasteiger charge is -2.10. The SMILES string of the molecule is Cc1nn(-c2ccccc2)c(Oc2ccccc2)c1CN. The summed E-state index contributed by atoms with van der Waals surface area (Å²) in [5.74, 6) is 1.44. The molecule has 0 aliphatic heterocycles. The Hall–Kier alpha value is -2.59. The molecular formula is C17H17N3O. The predicted octanol–water partition coefficient (Wildman–Crippen LogP) is 3.43. The number of aromatic nitrogens is 2. The molecule has 0 aliphatic carbocycles. The van der Waals surface area contributed by atoms with Crippen molar-refractivity contribution in [1.82, 2.24) is 9.78 Å². The summed E-state index contributed by atoms with van der Waals surface area (Å²) in [6, 6.07) is 19.6. The Bertz CT molecular complexity index is 721. The van der Waals surface area contributed by atoms with Crippen LogP contribution in [0.2, 0.25) is 0 Å². The number of hydrogen-bond acceptors (Lipinski definition) is 3. The quantitative estimate of drug-likeness (QED) is 0.796. The molecule has 2 N–H and O–H groups in total. The molecule has 4 nitrogen and oxygen atoms in total. The van der Waals surface area contributed by atoms with Crippen LogP contribution in [-0.2, 0) is 6.54 Å². The number of rotatable bonds is 4. The molecule has 21 heavy (non-hydrogen) atoms. The first kappa shape index (κ1) is 13.4. The topological polar surface area (TPSA) is 53.1 Å². The van der Waals surface area contributed by atoms with Crippen molar-refractivity contribution in [3.8, 4) is 17.3 Å². The van der Waals surface area contributed by atoms with Crippen LogP contribution in [0.3, 0.4) is 0 Å². The smallest absolute Gasteiger partial charge is 0.227 e. The summed E-state index contributed by atoms with van der Waals surface area (Å²) in [4.78, 5) is 0. The van der Waals surface area contributed by atoms with Gasteiger partial charge >= 0.3 is 0 Å². The third kappa shape index (κ3) is 2.66. The van der Waals surface area contributed by atoms with Gasteiger partial charge < -0.3 is 10.5 Å². The first-order valence-electron chi connectivity index (χ1n) is 6.86. The average molecular weight is 279 g/mol. The summed E-state index contributed by atoms with van der Waals surface area (Å²) in [5.41, 5.74) is 8.61. The summed E-state index contributed by atoms with van der Waals surface area (Å²) in [6.07, 6.45) is 0. The highest BCUT2D eigenvalue weighted by molar-refractivity contribution is 5.43. The van der Waals surface area contributed by atoms with Gasteiger partial charge in [-0.3, -0.25) is 0 Å². The normalized spacial score (nSPS) is 10.6. The molecule has 106 valence electrons. The van der Waals surface area contributed by atoms with E-state index in [0.717, 1.165) is 22.7 Å². The van der Waals surface area contributed by atoms with Crippen molar-refractivity contribution >= 4 is 0 Å². The van der Waals surface area contributed by atoms with Gasteiger partial charge in [0.1, 0.15) is 5.75 Å². The highest BCUT2D eigenvalue weighted by atomic mass is 16.5. The predicted molar refractivity (Wildman–Crippen MR) is 82.7 cm³/mol. The molecule has 2 aromatic carbocycles. The van der Waals surface area contributed by atoms with Crippen LogP contribution in [0.4, 0.5) is 0 Å². The lowest BCUT2D eigenvalue weighted by molar-refractivity contribution is 0.439. The Labute approximate surface area is 123 Å². The fourth-order valence-electron chi connectivity index (χ4n) is 2.22. The van der Waals surface area contributed by atoms with Crippen LogP contribution >= 0.6 is 0 Å². The molecule has 0 radical (unpaired) electrons. The first-order chi connectivity index (χ1) is 10.3. The van der Waals surface area contributed by atoms with Crippen molar-refractivity contribution in [1.29, 1.82) is 0 Å². The average Bonchev–Trinajstić information content (AvgIpc) is 2.85. The lowest BCUT2D eigenvalue weighted by Crippen LogP contribution is -2.02. The molecule has 0 fully saturated rings. The van der Waals surface area contributed by atoms with E-state index in [2.05, 4.69) is 5.10 Å². The Morgan fingerprint density at radius 2 is 1.62 bits per heavy atom. The molecule has 3 aromatic rings. The van der Waals surface area contributed by atoms with Crippen LogP contribution in [0, 0.1) is 6.92 Å². The molecule has 1 heterocycles. The van der Waals surface area contributed by atoms with Crippen molar-refractivity contribution in [2.75, 3.05) is 0 Å². The van der Waals surface area contributed by atoms with Crippen LogP contribution < -0.4 is 10.5 Å². The molecule has 0 atom stereocenters. The van der Waals surface area contributed by atoms with Gasteiger partial charge in [-0.1, -0.05) is 36.4 Å². The zero-order valence-electron chi connectivity index (χ0n) is 11.9. The number of nitrogens with zero attached hydrogens (tertiary/aromatic N) is 2. The fraction of sp³-hybridized carbons (Fsp3) is 0.118. The van der Waals surface area contributed by atoms with Crippen molar-refractivity contribution < 1.29 is 4.74 Å². The summed E-state index contributed by atoms with van der Waals surface area (Å²) in [5, 5.41) is 4.56. The second-order valence-corrected chi connectivity index (χ2v) is 4.74. The third-order valence-corrected chi connectivity index (χ3v) is 3.30. The summed E-state index contributed by atoms with van der Waals surface area (Å²) >= 11 is 0. The van der Waals surface area contributed by atoms with Crippen molar-refractivity contribution in [3.05, 3.63) is 71.9 Å². The molecule has 0 bridgehead atoms. The maximum absolute atomic E-state index is 6.03. The molecule has 0 saturated heterocycles. The lowest BCUT2D eigenvalue weighted by atomic mass is 10.2. The van der Waals surface area contributed by atoms with Crippen LogP contribution in [0.15, 0.2) is 60.7 Å². The van der Waals surface area contributed by atoms with Gasteiger partial charge in [-0.05, 0) is 31.2 Å². The van der Waals surface area contributed by atoms with Crippen LogP contribution in [0.25, 0.3) is 5.69 Å². The largest absolute Gasteiger partial charge is 0.439 e. The van der Waals surface area contributed by atoms with Crippen LogP contribution in [0.1, 0.15) is 11.3 Å². The van der Waals surface area contributed by atoms with E-state index in [1.807, 2.05) is 67.6 Å². The molecule has 1 aromatic heterocycles. The van der Waals surface area contributed by atoms with E-state index in [9.17, 15) is 0 Å². The van der Waals surface area contributed by atoms with Gasteiger partial charge in [0.25, 0.3) is 0 Å². The maximum Gasteiger partial charge on any atom is 0.227 e. The third-order valence-electron chi connectivity index (χ3n) is 3.30. The summed E-state index contributed by atoms with van der Waals surface area (Å²) in [6.45, 7) is 2.33. The van der Waals surface area contributed by atoms with Gasteiger partial charge in [-0.2, -0.15) is 5.10 Å². The molecular weight excluding hydrogens is 262 g/mol. The minimum atomic E-state index is 0.390. The van der Waals surface area contributed by atoms with Gasteiger partial charge in [-0.15, -0.1) is 0 Å². The second-order valence-electron chi connectivity index (χ2n) is 4.74. The second kappa shape index (κ2) is 5.81. The fourth-order valence-corrected chi connectivity index (χ4v) is 2.22. The van der Waals surface area contributed by atoms with Gasteiger partial charge in [0.2, 0.25) is 5.88 Å². The minimum Gasteiger partial charge on any atom is -0.439 e. The number of benzene rings is 2. The highest BCUT2D eigenvalue weighted by Gasteiger charge is 2.17. The molecule has 0 spiro atoms. The van der Waals surface area contributed by atoms with E-state index in [1.165, 1.54) is 0 Å². The zero-order chi connectivity index (χ0) is 14.7. The van der Waals surface area contributed by atoms with E-state index in [1.54, 1.807) is 4.68 Å². The van der Waals surface area contributed by atoms with Crippen molar-refractivity contribution in [3.63, 3.8) is 0 Å². The van der Waals surface area contributed by atoms with E-state index < -0.39 is 0 Å². The Morgan fingerprint density at radius 3 is 2.24 bits per heavy atom. The summed E-state index contributed by atoms with van der Waals surface area (Å²) in [7, 11) is 0. The monoisotopic (exact) mass is 279 g/mol. The highest BCUT2D eigenvalue weighted by Crippen LogP contribution is 2.29. The Kier molecular flexibility index (Phi) is 3.71. The zero-order valence-corrected chi connectivity index (χ0v) is 11.9. The van der Waals surface area contributed by atoms with E-state index in [4.69, 9.17) is 10.5 Å². The standard InChI is InChI=1S/C17H17N3O/c1-13-16(12-18)17(21-15-10-6-3-7-11-15)20(19-13)14-8-4-2-5-9-14/h2-11H,12,18H2,1H3. The van der Waals surface area contributed by atoms with Gasteiger partial charge in [0.15, 0.2) is 0 Å². The number of ether oxygens (including phenoxy) is 1. The van der Waals surface area contributed by atoms with E-state index in [0.29, 0.717) is 12.4 Å². The van der Waals surface area contributed by atoms with Crippen LogP contribution in [-0.4, -0.2) is 9.78 Å². The Balaban J connectivity index is 2.09. The Morgan fingerprint density at radius 1 is 1.00 bits per heavy atom. The van der Waals surface area contributed by atoms with Gasteiger partial charge in [0, 0.05) is 6.54 Å². The number of nitrogens with two attached hydrogens (primary N) is 1. The molecule has 0 amide bonds. The van der Waals surface area contributed by atoms with E-state index in [-0.39, 0.29) is 0 Å². The maximum atomic E-state index is 6.03. The molecule has 0 unspecified atom stereocenters. The van der Waals surface area contributed by atoms with Crippen LogP contribution in [0.5, 0.6) is 11.6 Å². The number of aryl methyl sites for hydroxylation is 1. The summed E-state index contributed by atoms with van der Waals surface area (Å²) < 4.78 is 7.82. The van der Waals surface area contributed by atoms with E-state index >= 15 is 0 Å². The number of hydrogen-bond donors (Lipinski definition) is 1. The molecule has 0 aliphatic rings. The van der Waals surface area contributed by atoms with Gasteiger partial charge in [0.05, 0.1) is 16.9 Å². The minimum absolute atomic E-state index is 0.390. The first-order valence-corrected chi connectivity index (χ1v) is 6.86. The van der Waals surface area contributed by atoms with Gasteiger partial charge in [-0.25, -0.2) is 4.68 Å². The number of para-hydroxylation sites is 2. The van der Waals surface area contributed by atoms with Crippen molar-refractivity contribution in [2.24, 2.45) is 5.73 Å². The molecule has 4 heteroatoms. The van der Waals surface area contributed by atoms with Crippen molar-refractivity contribution in [2.45, 2.75) is 13.5 Å².